The van der Waals surface area contributed by atoms with Crippen molar-refractivity contribution in [3.05, 3.63) is 10.6 Å². The second kappa shape index (κ2) is 8.14. The van der Waals surface area contributed by atoms with Crippen LogP contribution < -0.4 is 10.2 Å². The summed E-state index contributed by atoms with van der Waals surface area (Å²) < 4.78 is 0. The summed E-state index contributed by atoms with van der Waals surface area (Å²) in [5.41, 5.74) is 1.33. The number of rotatable bonds is 10. The minimum absolute atomic E-state index is 0.704. The first-order valence-corrected chi connectivity index (χ1v) is 9.43. The molecule has 1 heterocycles. The molecule has 0 aliphatic heterocycles. The predicted octanol–water partition coefficient (Wildman–Crippen LogP) is 4.22. The molecule has 0 spiro atoms. The van der Waals surface area contributed by atoms with Crippen LogP contribution in [0.2, 0.25) is 0 Å². The Balaban J connectivity index is 2.07. The lowest BCUT2D eigenvalue weighted by molar-refractivity contribution is 0.553. The molecule has 0 amide bonds. The molecule has 1 aromatic heterocycles. The zero-order chi connectivity index (χ0) is 15.2. The van der Waals surface area contributed by atoms with Crippen molar-refractivity contribution in [2.45, 2.75) is 72.4 Å². The summed E-state index contributed by atoms with van der Waals surface area (Å²) in [5.74, 6) is 0.704. The molecule has 1 aromatic rings. The second-order valence-electron chi connectivity index (χ2n) is 6.57. The van der Waals surface area contributed by atoms with Crippen LogP contribution in [0.15, 0.2) is 0 Å². The summed E-state index contributed by atoms with van der Waals surface area (Å²) in [6.45, 7) is 12.2. The lowest BCUT2D eigenvalue weighted by Gasteiger charge is -2.20. The largest absolute Gasteiger partial charge is 0.345 e. The van der Waals surface area contributed by atoms with Crippen molar-refractivity contribution in [2.75, 3.05) is 18.0 Å². The van der Waals surface area contributed by atoms with E-state index in [1.54, 1.807) is 0 Å². The van der Waals surface area contributed by atoms with E-state index in [-0.39, 0.29) is 0 Å². The van der Waals surface area contributed by atoms with E-state index in [0.29, 0.717) is 5.92 Å². The Hall–Kier alpha value is -0.610. The van der Waals surface area contributed by atoms with Crippen LogP contribution in [0, 0.1) is 5.92 Å². The maximum Gasteiger partial charge on any atom is 0.186 e. The first kappa shape index (κ1) is 16.8. The van der Waals surface area contributed by atoms with Gasteiger partial charge in [-0.15, -0.1) is 11.3 Å². The molecule has 0 saturated heterocycles. The molecule has 1 aliphatic carbocycles. The van der Waals surface area contributed by atoms with Gasteiger partial charge in [0.1, 0.15) is 0 Å². The van der Waals surface area contributed by atoms with E-state index in [4.69, 9.17) is 4.98 Å². The van der Waals surface area contributed by atoms with Crippen molar-refractivity contribution in [3.8, 4) is 0 Å². The number of nitrogens with one attached hydrogen (secondary N) is 1. The van der Waals surface area contributed by atoms with Gasteiger partial charge in [0.15, 0.2) is 5.13 Å². The molecule has 0 unspecified atom stereocenters. The van der Waals surface area contributed by atoms with Crippen LogP contribution in [0.4, 0.5) is 5.13 Å². The highest BCUT2D eigenvalue weighted by Crippen LogP contribution is 2.35. The lowest BCUT2D eigenvalue weighted by atomic mass is 10.2. The van der Waals surface area contributed by atoms with Gasteiger partial charge in [0.25, 0.3) is 0 Å². The van der Waals surface area contributed by atoms with Crippen LogP contribution in [-0.4, -0.2) is 24.1 Å². The molecule has 120 valence electrons. The van der Waals surface area contributed by atoms with Crippen LogP contribution in [0.3, 0.4) is 0 Å². The number of nitrogens with zero attached hydrogens (tertiary/aromatic N) is 2. The number of aromatic nitrogens is 1. The van der Waals surface area contributed by atoms with Crippen LogP contribution in [-0.2, 0) is 13.0 Å². The fourth-order valence-corrected chi connectivity index (χ4v) is 3.77. The van der Waals surface area contributed by atoms with Gasteiger partial charge in [0.05, 0.1) is 5.69 Å². The molecule has 21 heavy (non-hydrogen) atoms. The highest BCUT2D eigenvalue weighted by Gasteiger charge is 2.30. The number of aryl methyl sites for hydroxylation is 1. The second-order valence-corrected chi connectivity index (χ2v) is 7.63. The van der Waals surface area contributed by atoms with E-state index in [0.717, 1.165) is 32.1 Å². The molecule has 2 rings (SSSR count). The minimum Gasteiger partial charge on any atom is -0.345 e. The third-order valence-corrected chi connectivity index (χ3v) is 4.92. The third-order valence-electron chi connectivity index (χ3n) is 3.79. The van der Waals surface area contributed by atoms with Gasteiger partial charge in [-0.2, -0.15) is 0 Å². The zero-order valence-corrected chi connectivity index (χ0v) is 14.9. The fourth-order valence-electron chi connectivity index (χ4n) is 2.60. The van der Waals surface area contributed by atoms with Crippen molar-refractivity contribution >= 4 is 16.5 Å². The first-order chi connectivity index (χ1) is 10.2. The molecule has 3 nitrogen and oxygen atoms in total. The highest BCUT2D eigenvalue weighted by molar-refractivity contribution is 7.15. The van der Waals surface area contributed by atoms with Gasteiger partial charge < -0.3 is 10.2 Å². The standard InChI is InChI=1S/C17H31N3S/c1-5-7-15-16(12-18-11-13(3)4)21-17(19-15)20(10-6-2)14-8-9-14/h13-14,18H,5-12H2,1-4H3. The smallest absolute Gasteiger partial charge is 0.186 e. The zero-order valence-electron chi connectivity index (χ0n) is 14.1. The van der Waals surface area contributed by atoms with E-state index in [9.17, 15) is 0 Å². The Kier molecular flexibility index (Phi) is 6.49. The highest BCUT2D eigenvalue weighted by atomic mass is 32.1. The molecule has 0 aromatic carbocycles. The third kappa shape index (κ3) is 4.96. The molecule has 1 aliphatic rings. The molecule has 0 radical (unpaired) electrons. The van der Waals surface area contributed by atoms with Crippen molar-refractivity contribution in [1.29, 1.82) is 0 Å². The fraction of sp³-hybridized carbons (Fsp3) is 0.824. The minimum atomic E-state index is 0.704. The van der Waals surface area contributed by atoms with Crippen LogP contribution in [0.5, 0.6) is 0 Å². The first-order valence-electron chi connectivity index (χ1n) is 8.61. The molecule has 1 N–H and O–H groups in total. The summed E-state index contributed by atoms with van der Waals surface area (Å²) in [4.78, 5) is 8.99. The molecule has 0 bridgehead atoms. The Bertz CT molecular complexity index is 424. The molecular formula is C17H31N3S. The SMILES string of the molecule is CCCc1nc(N(CCC)C2CC2)sc1CNCC(C)C. The van der Waals surface area contributed by atoms with Crippen molar-refractivity contribution in [3.63, 3.8) is 0 Å². The normalized spacial score (nSPS) is 14.9. The molecule has 4 heteroatoms. The maximum absolute atomic E-state index is 4.98. The predicted molar refractivity (Wildman–Crippen MR) is 93.3 cm³/mol. The van der Waals surface area contributed by atoms with Gasteiger partial charge in [-0.3, -0.25) is 0 Å². The maximum atomic E-state index is 4.98. The van der Waals surface area contributed by atoms with Gasteiger partial charge in [-0.05, 0) is 38.1 Å². The average molecular weight is 310 g/mol. The number of hydrogen-bond acceptors (Lipinski definition) is 4. The average Bonchev–Trinajstić information content (AvgIpc) is 3.20. The van der Waals surface area contributed by atoms with Gasteiger partial charge >= 0.3 is 0 Å². The topological polar surface area (TPSA) is 28.2 Å². The van der Waals surface area contributed by atoms with Crippen LogP contribution in [0.1, 0.15) is 63.9 Å². The van der Waals surface area contributed by atoms with Crippen molar-refractivity contribution in [2.24, 2.45) is 5.92 Å². The molecule has 1 fully saturated rings. The molecular weight excluding hydrogens is 278 g/mol. The number of hydrogen-bond donors (Lipinski definition) is 1. The Morgan fingerprint density at radius 1 is 1.29 bits per heavy atom. The van der Waals surface area contributed by atoms with Gasteiger partial charge in [0, 0.05) is 24.0 Å². The number of anilines is 1. The molecule has 0 atom stereocenters. The summed E-state index contributed by atoms with van der Waals surface area (Å²) in [5, 5.41) is 4.85. The van der Waals surface area contributed by atoms with Gasteiger partial charge in [-0.1, -0.05) is 34.1 Å². The van der Waals surface area contributed by atoms with E-state index < -0.39 is 0 Å². The van der Waals surface area contributed by atoms with Crippen LogP contribution in [0.25, 0.3) is 0 Å². The Morgan fingerprint density at radius 2 is 2.05 bits per heavy atom. The molecule has 1 saturated carbocycles. The monoisotopic (exact) mass is 309 g/mol. The summed E-state index contributed by atoms with van der Waals surface area (Å²) in [7, 11) is 0. The van der Waals surface area contributed by atoms with Crippen molar-refractivity contribution in [1.82, 2.24) is 10.3 Å². The van der Waals surface area contributed by atoms with Crippen LogP contribution >= 0.6 is 11.3 Å². The Labute approximate surface area is 134 Å². The summed E-state index contributed by atoms with van der Waals surface area (Å²) in [6, 6.07) is 0.766. The van der Waals surface area contributed by atoms with E-state index in [1.807, 2.05) is 11.3 Å². The van der Waals surface area contributed by atoms with E-state index in [2.05, 4.69) is 37.9 Å². The van der Waals surface area contributed by atoms with E-state index >= 15 is 0 Å². The van der Waals surface area contributed by atoms with Gasteiger partial charge in [0.2, 0.25) is 0 Å². The quantitative estimate of drug-likeness (QED) is 0.701. The Morgan fingerprint density at radius 3 is 2.62 bits per heavy atom. The summed E-state index contributed by atoms with van der Waals surface area (Å²) in [6.07, 6.45) is 6.20. The summed E-state index contributed by atoms with van der Waals surface area (Å²) >= 11 is 1.92. The van der Waals surface area contributed by atoms with Crippen molar-refractivity contribution < 1.29 is 0 Å². The van der Waals surface area contributed by atoms with Gasteiger partial charge in [-0.25, -0.2) is 4.98 Å². The van der Waals surface area contributed by atoms with E-state index in [1.165, 1.54) is 41.4 Å². The lowest BCUT2D eigenvalue weighted by Crippen LogP contribution is -2.26. The number of thiazole rings is 1.